The van der Waals surface area contributed by atoms with E-state index in [0.717, 1.165) is 17.0 Å². The smallest absolute Gasteiger partial charge is 0.321 e. The van der Waals surface area contributed by atoms with Gasteiger partial charge < -0.3 is 15.4 Å². The Bertz CT molecular complexity index is 461. The molecule has 0 saturated carbocycles. The SMILES string of the molecule is Cc1cccc(NC(=O)N2CCC(=NO)CC2)c1. The van der Waals surface area contributed by atoms with Crippen LogP contribution in [0.2, 0.25) is 0 Å². The number of nitrogens with one attached hydrogen (secondary N) is 1. The van der Waals surface area contributed by atoms with Crippen molar-refractivity contribution in [2.75, 3.05) is 18.4 Å². The van der Waals surface area contributed by atoms with Gasteiger partial charge in [-0.2, -0.15) is 0 Å². The van der Waals surface area contributed by atoms with E-state index in [1.54, 1.807) is 4.90 Å². The molecule has 0 spiro atoms. The molecule has 0 aliphatic carbocycles. The van der Waals surface area contributed by atoms with E-state index >= 15 is 0 Å². The maximum Gasteiger partial charge on any atom is 0.321 e. The molecule has 1 saturated heterocycles. The number of likely N-dealkylation sites (tertiary alicyclic amines) is 1. The van der Waals surface area contributed by atoms with Crippen molar-refractivity contribution in [2.24, 2.45) is 5.16 Å². The third kappa shape index (κ3) is 3.00. The second kappa shape index (κ2) is 5.53. The molecule has 5 nitrogen and oxygen atoms in total. The zero-order valence-corrected chi connectivity index (χ0v) is 10.4. The van der Waals surface area contributed by atoms with Crippen LogP contribution in [0.5, 0.6) is 0 Å². The van der Waals surface area contributed by atoms with Crippen molar-refractivity contribution in [1.29, 1.82) is 0 Å². The summed E-state index contributed by atoms with van der Waals surface area (Å²) in [4.78, 5) is 13.7. The number of benzene rings is 1. The standard InChI is InChI=1S/C13H17N3O2/c1-10-3-2-4-12(9-10)14-13(17)16-7-5-11(15-18)6-8-16/h2-4,9,18H,5-8H2,1H3,(H,14,17). The molecule has 0 unspecified atom stereocenters. The summed E-state index contributed by atoms with van der Waals surface area (Å²) in [6.45, 7) is 3.18. The van der Waals surface area contributed by atoms with Crippen molar-refractivity contribution in [3.63, 3.8) is 0 Å². The van der Waals surface area contributed by atoms with Crippen molar-refractivity contribution in [2.45, 2.75) is 19.8 Å². The molecule has 1 aromatic rings. The normalized spacial score (nSPS) is 15.4. The summed E-state index contributed by atoms with van der Waals surface area (Å²) in [7, 11) is 0. The van der Waals surface area contributed by atoms with Crippen molar-refractivity contribution in [3.05, 3.63) is 29.8 Å². The maximum absolute atomic E-state index is 12.0. The topological polar surface area (TPSA) is 64.9 Å². The average Bonchev–Trinajstić information content (AvgIpc) is 2.39. The number of hydrogen-bond acceptors (Lipinski definition) is 3. The molecule has 18 heavy (non-hydrogen) atoms. The van der Waals surface area contributed by atoms with Gasteiger partial charge in [0.15, 0.2) is 0 Å². The first-order chi connectivity index (χ1) is 8.69. The lowest BCUT2D eigenvalue weighted by Gasteiger charge is -2.27. The minimum Gasteiger partial charge on any atom is -0.411 e. The number of amides is 2. The molecule has 2 rings (SSSR count). The highest BCUT2D eigenvalue weighted by atomic mass is 16.4. The van der Waals surface area contributed by atoms with E-state index < -0.39 is 0 Å². The molecule has 1 fully saturated rings. The highest BCUT2D eigenvalue weighted by Gasteiger charge is 2.19. The van der Waals surface area contributed by atoms with Crippen LogP contribution in [-0.2, 0) is 0 Å². The van der Waals surface area contributed by atoms with Gasteiger partial charge in [0.05, 0.1) is 5.71 Å². The summed E-state index contributed by atoms with van der Waals surface area (Å²) < 4.78 is 0. The van der Waals surface area contributed by atoms with Gasteiger partial charge >= 0.3 is 6.03 Å². The predicted octanol–water partition coefficient (Wildman–Crippen LogP) is 2.45. The highest BCUT2D eigenvalue weighted by Crippen LogP contribution is 2.13. The lowest BCUT2D eigenvalue weighted by molar-refractivity contribution is 0.210. The molecule has 96 valence electrons. The van der Waals surface area contributed by atoms with Gasteiger partial charge in [-0.25, -0.2) is 4.79 Å². The fraction of sp³-hybridized carbons (Fsp3) is 0.385. The van der Waals surface area contributed by atoms with Crippen molar-refractivity contribution in [1.82, 2.24) is 4.90 Å². The van der Waals surface area contributed by atoms with Crippen molar-refractivity contribution in [3.8, 4) is 0 Å². The third-order valence-electron chi connectivity index (χ3n) is 3.04. The molecule has 0 atom stereocenters. The molecule has 0 radical (unpaired) electrons. The number of carbonyl (C=O) groups is 1. The number of carbonyl (C=O) groups excluding carboxylic acids is 1. The largest absolute Gasteiger partial charge is 0.411 e. The van der Waals surface area contributed by atoms with Crippen LogP contribution < -0.4 is 5.32 Å². The fourth-order valence-electron chi connectivity index (χ4n) is 1.99. The molecule has 1 aliphatic heterocycles. The quantitative estimate of drug-likeness (QED) is 0.591. The monoisotopic (exact) mass is 247 g/mol. The van der Waals surface area contributed by atoms with Crippen LogP contribution in [0.25, 0.3) is 0 Å². The van der Waals surface area contributed by atoms with Gasteiger partial charge in [-0.15, -0.1) is 0 Å². The Labute approximate surface area is 106 Å². The van der Waals surface area contributed by atoms with E-state index in [2.05, 4.69) is 10.5 Å². The van der Waals surface area contributed by atoms with Gasteiger partial charge in [0.2, 0.25) is 0 Å². The number of aryl methyl sites for hydroxylation is 1. The Kier molecular flexibility index (Phi) is 3.82. The van der Waals surface area contributed by atoms with Crippen LogP contribution in [-0.4, -0.2) is 34.9 Å². The first-order valence-corrected chi connectivity index (χ1v) is 6.01. The van der Waals surface area contributed by atoms with Gasteiger partial charge in [-0.1, -0.05) is 17.3 Å². The predicted molar refractivity (Wildman–Crippen MR) is 70.2 cm³/mol. The number of urea groups is 1. The Balaban J connectivity index is 1.93. The van der Waals surface area contributed by atoms with Crippen molar-refractivity contribution >= 4 is 17.4 Å². The number of nitrogens with zero attached hydrogens (tertiary/aromatic N) is 2. The van der Waals surface area contributed by atoms with Gasteiger partial charge in [-0.3, -0.25) is 0 Å². The molecule has 1 aliphatic rings. The molecule has 2 N–H and O–H groups in total. The molecule has 0 bridgehead atoms. The van der Waals surface area contributed by atoms with Crippen LogP contribution in [0, 0.1) is 6.92 Å². The first-order valence-electron chi connectivity index (χ1n) is 6.01. The summed E-state index contributed by atoms with van der Waals surface area (Å²) in [5.41, 5.74) is 2.68. The van der Waals surface area contributed by atoms with E-state index in [9.17, 15) is 4.79 Å². The zero-order chi connectivity index (χ0) is 13.0. The van der Waals surface area contributed by atoms with Gasteiger partial charge in [0.25, 0.3) is 0 Å². The lowest BCUT2D eigenvalue weighted by Crippen LogP contribution is -2.41. The van der Waals surface area contributed by atoms with Crippen molar-refractivity contribution < 1.29 is 10.0 Å². The minimum atomic E-state index is -0.0995. The number of hydrogen-bond donors (Lipinski definition) is 2. The second-order valence-corrected chi connectivity index (χ2v) is 4.45. The van der Waals surface area contributed by atoms with E-state index in [1.165, 1.54) is 0 Å². The van der Waals surface area contributed by atoms with Gasteiger partial charge in [0.1, 0.15) is 0 Å². The zero-order valence-electron chi connectivity index (χ0n) is 10.4. The molecule has 0 aromatic heterocycles. The summed E-state index contributed by atoms with van der Waals surface area (Å²) in [5.74, 6) is 0. The molecule has 1 heterocycles. The average molecular weight is 247 g/mol. The van der Waals surface area contributed by atoms with E-state index in [0.29, 0.717) is 25.9 Å². The number of anilines is 1. The van der Waals surface area contributed by atoms with Crippen LogP contribution in [0.3, 0.4) is 0 Å². The number of piperidine rings is 1. The van der Waals surface area contributed by atoms with E-state index in [4.69, 9.17) is 5.21 Å². The van der Waals surface area contributed by atoms with Gasteiger partial charge in [-0.05, 0) is 24.6 Å². The fourth-order valence-corrected chi connectivity index (χ4v) is 1.99. The maximum atomic E-state index is 12.0. The Hall–Kier alpha value is -2.04. The van der Waals surface area contributed by atoms with Crippen LogP contribution >= 0.6 is 0 Å². The molecular formula is C13H17N3O2. The summed E-state index contributed by atoms with van der Waals surface area (Å²) in [6, 6.07) is 7.61. The number of oxime groups is 1. The lowest BCUT2D eigenvalue weighted by atomic mass is 10.1. The highest BCUT2D eigenvalue weighted by molar-refractivity contribution is 5.92. The Morgan fingerprint density at radius 3 is 2.72 bits per heavy atom. The first kappa shape index (κ1) is 12.4. The van der Waals surface area contributed by atoms with Crippen LogP contribution in [0.4, 0.5) is 10.5 Å². The Morgan fingerprint density at radius 1 is 1.39 bits per heavy atom. The molecule has 1 aromatic carbocycles. The summed E-state index contributed by atoms with van der Waals surface area (Å²) >= 11 is 0. The molecular weight excluding hydrogens is 230 g/mol. The van der Waals surface area contributed by atoms with E-state index in [-0.39, 0.29) is 6.03 Å². The minimum absolute atomic E-state index is 0.0995. The number of rotatable bonds is 1. The van der Waals surface area contributed by atoms with Gasteiger partial charge in [0, 0.05) is 31.6 Å². The summed E-state index contributed by atoms with van der Waals surface area (Å²) in [6.07, 6.45) is 1.27. The van der Waals surface area contributed by atoms with E-state index in [1.807, 2.05) is 31.2 Å². The Morgan fingerprint density at radius 2 is 2.11 bits per heavy atom. The van der Waals surface area contributed by atoms with Crippen LogP contribution in [0.15, 0.2) is 29.4 Å². The molecule has 5 heteroatoms. The van der Waals surface area contributed by atoms with Crippen LogP contribution in [0.1, 0.15) is 18.4 Å². The third-order valence-corrected chi connectivity index (χ3v) is 3.04. The second-order valence-electron chi connectivity index (χ2n) is 4.45. The molecule has 2 amide bonds. The summed E-state index contributed by atoms with van der Waals surface area (Å²) in [5, 5.41) is 14.7.